The van der Waals surface area contributed by atoms with E-state index >= 15 is 0 Å². The van der Waals surface area contributed by atoms with E-state index in [0.29, 0.717) is 5.69 Å². The molecule has 2 aromatic carbocycles. The standard InChI is InChI=1S/C21H28N2O3S/c1-14-8-11-19(12-9-14)17(4)22-21(24)18(5)23(27(6,25)26)20-13-15(2)7-10-16(20)3/h7-13,17-18H,1-6H3,(H,22,24)/t17-,18+/m0/s1. The van der Waals surface area contributed by atoms with Crippen LogP contribution in [0.1, 0.15) is 42.1 Å². The van der Waals surface area contributed by atoms with E-state index < -0.39 is 16.1 Å². The molecule has 2 aromatic rings. The number of hydrogen-bond acceptors (Lipinski definition) is 3. The topological polar surface area (TPSA) is 66.5 Å². The molecule has 0 aliphatic heterocycles. The van der Waals surface area contributed by atoms with Crippen molar-refractivity contribution < 1.29 is 13.2 Å². The summed E-state index contributed by atoms with van der Waals surface area (Å²) in [6, 6.07) is 12.4. The number of sulfonamides is 1. The van der Waals surface area contributed by atoms with Gasteiger partial charge in [0.1, 0.15) is 6.04 Å². The summed E-state index contributed by atoms with van der Waals surface area (Å²) in [6.07, 6.45) is 1.13. The van der Waals surface area contributed by atoms with Gasteiger partial charge in [0.15, 0.2) is 0 Å². The molecule has 1 N–H and O–H groups in total. The van der Waals surface area contributed by atoms with E-state index in [1.807, 2.05) is 64.1 Å². The molecule has 6 heteroatoms. The maximum Gasteiger partial charge on any atom is 0.244 e. The SMILES string of the molecule is Cc1ccc([C@H](C)NC(=O)[C@@H](C)N(c2cc(C)ccc2C)S(C)(=O)=O)cc1. The minimum atomic E-state index is -3.64. The summed E-state index contributed by atoms with van der Waals surface area (Å²) in [7, 11) is -3.64. The van der Waals surface area contributed by atoms with Crippen LogP contribution >= 0.6 is 0 Å². The highest BCUT2D eigenvalue weighted by Gasteiger charge is 2.30. The molecule has 0 spiro atoms. The number of amides is 1. The van der Waals surface area contributed by atoms with Crippen LogP contribution in [0.5, 0.6) is 0 Å². The second kappa shape index (κ2) is 8.13. The molecule has 0 radical (unpaired) electrons. The highest BCUT2D eigenvalue weighted by molar-refractivity contribution is 7.92. The van der Waals surface area contributed by atoms with Gasteiger partial charge >= 0.3 is 0 Å². The maximum absolute atomic E-state index is 12.8. The maximum atomic E-state index is 12.8. The second-order valence-electron chi connectivity index (χ2n) is 7.17. The summed E-state index contributed by atoms with van der Waals surface area (Å²) in [5.74, 6) is -0.339. The van der Waals surface area contributed by atoms with E-state index in [1.165, 1.54) is 4.31 Å². The van der Waals surface area contributed by atoms with E-state index in [4.69, 9.17) is 0 Å². The van der Waals surface area contributed by atoms with Gasteiger partial charge in [0.25, 0.3) is 0 Å². The van der Waals surface area contributed by atoms with Gasteiger partial charge < -0.3 is 5.32 Å². The summed E-state index contributed by atoms with van der Waals surface area (Å²) >= 11 is 0. The minimum absolute atomic E-state index is 0.222. The molecular formula is C21H28N2O3S. The summed E-state index contributed by atoms with van der Waals surface area (Å²) in [5.41, 5.74) is 4.38. The molecule has 0 unspecified atom stereocenters. The molecule has 0 saturated carbocycles. The molecule has 0 aromatic heterocycles. The molecule has 0 heterocycles. The Kier molecular flexibility index (Phi) is 6.31. The van der Waals surface area contributed by atoms with E-state index in [2.05, 4.69) is 5.32 Å². The predicted octanol–water partition coefficient (Wildman–Crippen LogP) is 3.64. The molecule has 0 bridgehead atoms. The van der Waals surface area contributed by atoms with Gasteiger partial charge in [0, 0.05) is 0 Å². The summed E-state index contributed by atoms with van der Waals surface area (Å²) in [6.45, 7) is 9.24. The number of anilines is 1. The molecular weight excluding hydrogens is 360 g/mol. The number of aryl methyl sites for hydroxylation is 3. The van der Waals surface area contributed by atoms with E-state index in [0.717, 1.165) is 28.5 Å². The average Bonchev–Trinajstić information content (AvgIpc) is 2.57. The molecule has 0 saturated heterocycles. The monoisotopic (exact) mass is 388 g/mol. The number of hydrogen-bond donors (Lipinski definition) is 1. The zero-order valence-electron chi connectivity index (χ0n) is 16.8. The van der Waals surface area contributed by atoms with Gasteiger partial charge in [-0.05, 0) is 57.4 Å². The fourth-order valence-electron chi connectivity index (χ4n) is 3.01. The minimum Gasteiger partial charge on any atom is -0.348 e. The van der Waals surface area contributed by atoms with Crippen LogP contribution in [0.15, 0.2) is 42.5 Å². The summed E-state index contributed by atoms with van der Waals surface area (Å²) in [5, 5.41) is 2.93. The van der Waals surface area contributed by atoms with Crippen molar-refractivity contribution in [2.24, 2.45) is 0 Å². The molecule has 5 nitrogen and oxygen atoms in total. The van der Waals surface area contributed by atoms with Gasteiger partial charge in [-0.3, -0.25) is 9.10 Å². The Morgan fingerprint density at radius 3 is 2.07 bits per heavy atom. The lowest BCUT2D eigenvalue weighted by Crippen LogP contribution is -2.48. The third-order valence-corrected chi connectivity index (χ3v) is 5.85. The first kappa shape index (κ1) is 21.0. The Morgan fingerprint density at radius 2 is 1.52 bits per heavy atom. The highest BCUT2D eigenvalue weighted by atomic mass is 32.2. The van der Waals surface area contributed by atoms with Crippen molar-refractivity contribution in [1.29, 1.82) is 0 Å². The fraction of sp³-hybridized carbons (Fsp3) is 0.381. The first-order chi connectivity index (χ1) is 12.5. The lowest BCUT2D eigenvalue weighted by Gasteiger charge is -2.30. The Hall–Kier alpha value is -2.34. The van der Waals surface area contributed by atoms with Crippen LogP contribution in [0, 0.1) is 20.8 Å². The van der Waals surface area contributed by atoms with Crippen molar-refractivity contribution in [3.8, 4) is 0 Å². The Bertz CT molecular complexity index is 921. The largest absolute Gasteiger partial charge is 0.348 e. The molecule has 146 valence electrons. The first-order valence-corrected chi connectivity index (χ1v) is 10.8. The number of nitrogens with one attached hydrogen (secondary N) is 1. The second-order valence-corrected chi connectivity index (χ2v) is 9.03. The quantitative estimate of drug-likeness (QED) is 0.821. The van der Waals surface area contributed by atoms with Gasteiger partial charge in [-0.15, -0.1) is 0 Å². The Morgan fingerprint density at radius 1 is 0.963 bits per heavy atom. The van der Waals surface area contributed by atoms with Crippen molar-refractivity contribution in [1.82, 2.24) is 5.32 Å². The van der Waals surface area contributed by atoms with Crippen molar-refractivity contribution in [2.45, 2.75) is 46.7 Å². The van der Waals surface area contributed by atoms with Gasteiger partial charge in [-0.2, -0.15) is 0 Å². The zero-order chi connectivity index (χ0) is 20.4. The third-order valence-electron chi connectivity index (χ3n) is 4.63. The summed E-state index contributed by atoms with van der Waals surface area (Å²) in [4.78, 5) is 12.8. The molecule has 0 aliphatic rings. The fourth-order valence-corrected chi connectivity index (χ4v) is 4.23. The highest BCUT2D eigenvalue weighted by Crippen LogP contribution is 2.26. The van der Waals surface area contributed by atoms with E-state index in [9.17, 15) is 13.2 Å². The molecule has 0 fully saturated rings. The van der Waals surface area contributed by atoms with Crippen LogP contribution in [0.4, 0.5) is 5.69 Å². The number of rotatable bonds is 6. The van der Waals surface area contributed by atoms with Crippen LogP contribution in [0.25, 0.3) is 0 Å². The molecule has 0 aliphatic carbocycles. The number of nitrogens with zero attached hydrogens (tertiary/aromatic N) is 1. The van der Waals surface area contributed by atoms with Crippen molar-refractivity contribution in [3.63, 3.8) is 0 Å². The average molecular weight is 389 g/mol. The van der Waals surface area contributed by atoms with E-state index in [-0.39, 0.29) is 11.9 Å². The zero-order valence-corrected chi connectivity index (χ0v) is 17.6. The van der Waals surface area contributed by atoms with Crippen LogP contribution < -0.4 is 9.62 Å². The van der Waals surface area contributed by atoms with Gasteiger partial charge in [0.05, 0.1) is 18.0 Å². The van der Waals surface area contributed by atoms with Crippen molar-refractivity contribution >= 4 is 21.6 Å². The van der Waals surface area contributed by atoms with Gasteiger partial charge in [-0.1, -0.05) is 42.0 Å². The van der Waals surface area contributed by atoms with Gasteiger partial charge in [-0.25, -0.2) is 8.42 Å². The number of benzene rings is 2. The Balaban J connectivity index is 2.30. The number of carbonyl (C=O) groups is 1. The van der Waals surface area contributed by atoms with E-state index in [1.54, 1.807) is 13.0 Å². The normalized spacial score (nSPS) is 13.7. The number of carbonyl (C=O) groups excluding carboxylic acids is 1. The predicted molar refractivity (Wildman–Crippen MR) is 110 cm³/mol. The smallest absolute Gasteiger partial charge is 0.244 e. The molecule has 2 atom stereocenters. The Labute approximate surface area is 162 Å². The first-order valence-electron chi connectivity index (χ1n) is 8.94. The summed E-state index contributed by atoms with van der Waals surface area (Å²) < 4.78 is 26.2. The molecule has 1 amide bonds. The lowest BCUT2D eigenvalue weighted by atomic mass is 10.1. The van der Waals surface area contributed by atoms with Crippen LogP contribution in [-0.2, 0) is 14.8 Å². The molecule has 2 rings (SSSR count). The molecule has 27 heavy (non-hydrogen) atoms. The lowest BCUT2D eigenvalue weighted by molar-refractivity contribution is -0.122. The van der Waals surface area contributed by atoms with Crippen molar-refractivity contribution in [3.05, 3.63) is 64.7 Å². The van der Waals surface area contributed by atoms with Crippen molar-refractivity contribution in [2.75, 3.05) is 10.6 Å². The van der Waals surface area contributed by atoms with Crippen LogP contribution in [0.2, 0.25) is 0 Å². The van der Waals surface area contributed by atoms with Gasteiger partial charge in [0.2, 0.25) is 15.9 Å². The third kappa shape index (κ3) is 5.10. The van der Waals surface area contributed by atoms with Crippen LogP contribution in [-0.4, -0.2) is 26.6 Å². The van der Waals surface area contributed by atoms with Crippen LogP contribution in [0.3, 0.4) is 0 Å².